The molecule has 0 radical (unpaired) electrons. The second kappa shape index (κ2) is 7.55. The van der Waals surface area contributed by atoms with Gasteiger partial charge in [0.05, 0.1) is 7.11 Å². The van der Waals surface area contributed by atoms with Gasteiger partial charge in [-0.3, -0.25) is 4.79 Å². The van der Waals surface area contributed by atoms with Crippen molar-refractivity contribution in [3.8, 4) is 0 Å². The Bertz CT molecular complexity index is 810. The molecule has 0 aliphatic carbocycles. The summed E-state index contributed by atoms with van der Waals surface area (Å²) >= 11 is 0. The second-order valence-electron chi connectivity index (χ2n) is 5.49. The Morgan fingerprint density at radius 2 is 1.83 bits per heavy atom. The van der Waals surface area contributed by atoms with Crippen LogP contribution in [0.1, 0.15) is 27.2 Å². The number of ketones is 1. The molecule has 5 nitrogen and oxygen atoms in total. The van der Waals surface area contributed by atoms with Crippen molar-refractivity contribution in [2.45, 2.75) is 20.8 Å². The number of aryl methyl sites for hydroxylation is 3. The molecule has 0 fully saturated rings. The van der Waals surface area contributed by atoms with E-state index in [9.17, 15) is 9.59 Å². The average Bonchev–Trinajstić information content (AvgIpc) is 2.57. The van der Waals surface area contributed by atoms with Gasteiger partial charge in [0, 0.05) is 17.5 Å². The van der Waals surface area contributed by atoms with Crippen molar-refractivity contribution >= 4 is 17.6 Å². The molecule has 2 aromatic rings. The molecule has 124 valence electrons. The molecule has 0 spiro atoms. The van der Waals surface area contributed by atoms with Gasteiger partial charge in [-0.25, -0.2) is 9.78 Å². The van der Waals surface area contributed by atoms with Crippen LogP contribution >= 0.6 is 0 Å². The highest BCUT2D eigenvalue weighted by atomic mass is 16.5. The van der Waals surface area contributed by atoms with Crippen LogP contribution in [-0.4, -0.2) is 23.8 Å². The third kappa shape index (κ3) is 4.07. The normalized spacial score (nSPS) is 11.1. The van der Waals surface area contributed by atoms with Crippen molar-refractivity contribution in [3.05, 3.63) is 70.6 Å². The molecule has 0 saturated carbocycles. The standard InChI is InChI=1S/C19H20N2O3/c1-12-8-9-15(10-13(12)2)18(22)16(19(23)24-4)11-20-17-7-5-6-14(3)21-17/h5-11H,1-4H3,(H,20,21). The van der Waals surface area contributed by atoms with Gasteiger partial charge in [-0.2, -0.15) is 0 Å². The van der Waals surface area contributed by atoms with E-state index in [-0.39, 0.29) is 5.57 Å². The fourth-order valence-corrected chi connectivity index (χ4v) is 2.13. The third-order valence-corrected chi connectivity index (χ3v) is 3.67. The van der Waals surface area contributed by atoms with E-state index in [2.05, 4.69) is 10.3 Å². The summed E-state index contributed by atoms with van der Waals surface area (Å²) in [6.07, 6.45) is 1.34. The summed E-state index contributed by atoms with van der Waals surface area (Å²) in [6.45, 7) is 5.74. The summed E-state index contributed by atoms with van der Waals surface area (Å²) in [5.74, 6) is -0.548. The van der Waals surface area contributed by atoms with Crippen molar-refractivity contribution < 1.29 is 14.3 Å². The van der Waals surface area contributed by atoms with Crippen LogP contribution in [0.2, 0.25) is 0 Å². The van der Waals surface area contributed by atoms with E-state index in [0.717, 1.165) is 16.8 Å². The Balaban J connectivity index is 2.33. The molecule has 1 aromatic heterocycles. The Hall–Kier alpha value is -2.95. The van der Waals surface area contributed by atoms with Gasteiger partial charge in [0.2, 0.25) is 5.78 Å². The number of rotatable bonds is 5. The van der Waals surface area contributed by atoms with Crippen LogP contribution in [0.5, 0.6) is 0 Å². The van der Waals surface area contributed by atoms with Crippen molar-refractivity contribution in [1.29, 1.82) is 0 Å². The maximum Gasteiger partial charge on any atom is 0.343 e. The number of Topliss-reactive ketones (excluding diaryl/α,β-unsaturated/α-hetero) is 1. The summed E-state index contributed by atoms with van der Waals surface area (Å²) < 4.78 is 4.73. The number of hydrogen-bond donors (Lipinski definition) is 1. The fraction of sp³-hybridized carbons (Fsp3) is 0.211. The molecule has 1 heterocycles. The summed E-state index contributed by atoms with van der Waals surface area (Å²) in [4.78, 5) is 28.9. The van der Waals surface area contributed by atoms with Crippen molar-refractivity contribution in [1.82, 2.24) is 4.98 Å². The molecule has 0 unspecified atom stereocenters. The largest absolute Gasteiger partial charge is 0.465 e. The number of carbonyl (C=O) groups excluding carboxylic acids is 2. The molecular weight excluding hydrogens is 304 g/mol. The molecule has 5 heteroatoms. The molecule has 0 aliphatic rings. The summed E-state index contributed by atoms with van der Waals surface area (Å²) in [5, 5.41) is 2.88. The average molecular weight is 324 g/mol. The Morgan fingerprint density at radius 1 is 1.08 bits per heavy atom. The van der Waals surface area contributed by atoms with Crippen LogP contribution in [0.15, 0.2) is 48.2 Å². The van der Waals surface area contributed by atoms with Crippen LogP contribution in [-0.2, 0) is 9.53 Å². The maximum atomic E-state index is 12.7. The number of carbonyl (C=O) groups is 2. The molecule has 2 rings (SSSR count). The smallest absolute Gasteiger partial charge is 0.343 e. The first-order valence-electron chi connectivity index (χ1n) is 7.53. The number of benzene rings is 1. The van der Waals surface area contributed by atoms with Crippen LogP contribution < -0.4 is 5.32 Å². The lowest BCUT2D eigenvalue weighted by Gasteiger charge is -2.08. The van der Waals surface area contributed by atoms with Crippen molar-refractivity contribution in [2.24, 2.45) is 0 Å². The molecule has 0 amide bonds. The second-order valence-corrected chi connectivity index (χ2v) is 5.49. The zero-order valence-electron chi connectivity index (χ0n) is 14.2. The van der Waals surface area contributed by atoms with E-state index < -0.39 is 11.8 Å². The lowest BCUT2D eigenvalue weighted by molar-refractivity contribution is -0.135. The molecule has 0 saturated heterocycles. The third-order valence-electron chi connectivity index (χ3n) is 3.67. The molecule has 0 aliphatic heterocycles. The lowest BCUT2D eigenvalue weighted by Crippen LogP contribution is -2.16. The maximum absolute atomic E-state index is 12.7. The van der Waals surface area contributed by atoms with Gasteiger partial charge < -0.3 is 10.1 Å². The van der Waals surface area contributed by atoms with Crippen LogP contribution in [0.25, 0.3) is 0 Å². The number of nitrogens with one attached hydrogen (secondary N) is 1. The Kier molecular flexibility index (Phi) is 5.47. The summed E-state index contributed by atoms with van der Waals surface area (Å²) in [5.41, 5.74) is 3.25. The quantitative estimate of drug-likeness (QED) is 0.300. The van der Waals surface area contributed by atoms with Crippen LogP contribution in [0.4, 0.5) is 5.82 Å². The number of methoxy groups -OCH3 is 1. The molecular formula is C19H20N2O3. The zero-order chi connectivity index (χ0) is 17.7. The highest BCUT2D eigenvalue weighted by molar-refractivity contribution is 6.24. The highest BCUT2D eigenvalue weighted by Gasteiger charge is 2.21. The van der Waals surface area contributed by atoms with E-state index in [1.807, 2.05) is 39.0 Å². The number of hydrogen-bond acceptors (Lipinski definition) is 5. The Labute approximate surface area is 141 Å². The van der Waals surface area contributed by atoms with Gasteiger partial charge in [0.1, 0.15) is 11.4 Å². The minimum absolute atomic E-state index is 0.0796. The van der Waals surface area contributed by atoms with Gasteiger partial charge in [-0.15, -0.1) is 0 Å². The lowest BCUT2D eigenvalue weighted by atomic mass is 10.00. The monoisotopic (exact) mass is 324 g/mol. The predicted octanol–water partition coefficient (Wildman–Crippen LogP) is 3.36. The summed E-state index contributed by atoms with van der Waals surface area (Å²) in [7, 11) is 1.24. The van der Waals surface area contributed by atoms with E-state index >= 15 is 0 Å². The number of nitrogens with zero attached hydrogens (tertiary/aromatic N) is 1. The van der Waals surface area contributed by atoms with Gasteiger partial charge >= 0.3 is 5.97 Å². The van der Waals surface area contributed by atoms with E-state index in [1.165, 1.54) is 13.3 Å². The molecule has 1 aromatic carbocycles. The number of anilines is 1. The first kappa shape index (κ1) is 17.4. The summed E-state index contributed by atoms with van der Waals surface area (Å²) in [6, 6.07) is 10.8. The topological polar surface area (TPSA) is 68.3 Å². The van der Waals surface area contributed by atoms with E-state index in [1.54, 1.807) is 18.2 Å². The van der Waals surface area contributed by atoms with Crippen molar-refractivity contribution in [3.63, 3.8) is 0 Å². The fourth-order valence-electron chi connectivity index (χ4n) is 2.13. The zero-order valence-corrected chi connectivity index (χ0v) is 14.2. The van der Waals surface area contributed by atoms with Crippen LogP contribution in [0, 0.1) is 20.8 Å². The number of ether oxygens (including phenoxy) is 1. The van der Waals surface area contributed by atoms with Gasteiger partial charge in [-0.1, -0.05) is 18.2 Å². The van der Waals surface area contributed by atoms with Crippen molar-refractivity contribution in [2.75, 3.05) is 12.4 Å². The highest BCUT2D eigenvalue weighted by Crippen LogP contribution is 2.15. The van der Waals surface area contributed by atoms with E-state index in [0.29, 0.717) is 11.4 Å². The SMILES string of the molecule is COC(=O)C(=CNc1cccc(C)n1)C(=O)c1ccc(C)c(C)c1. The number of esters is 1. The van der Waals surface area contributed by atoms with Gasteiger partial charge in [0.25, 0.3) is 0 Å². The van der Waals surface area contributed by atoms with Crippen LogP contribution in [0.3, 0.4) is 0 Å². The number of pyridine rings is 1. The predicted molar refractivity (Wildman–Crippen MR) is 92.9 cm³/mol. The molecule has 1 N–H and O–H groups in total. The van der Waals surface area contributed by atoms with E-state index in [4.69, 9.17) is 4.74 Å². The molecule has 24 heavy (non-hydrogen) atoms. The molecule has 0 atom stereocenters. The Morgan fingerprint density at radius 3 is 2.46 bits per heavy atom. The first-order chi connectivity index (χ1) is 11.4. The number of aromatic nitrogens is 1. The molecule has 0 bridgehead atoms. The van der Waals surface area contributed by atoms with Gasteiger partial charge in [0.15, 0.2) is 0 Å². The minimum Gasteiger partial charge on any atom is -0.465 e. The minimum atomic E-state index is -0.696. The van der Waals surface area contributed by atoms with Gasteiger partial charge in [-0.05, 0) is 50.1 Å². The first-order valence-corrected chi connectivity index (χ1v) is 7.53.